The second-order valence-electron chi connectivity index (χ2n) is 6.95. The molecule has 3 heteroatoms. The summed E-state index contributed by atoms with van der Waals surface area (Å²) in [5.74, 6) is 0. The summed E-state index contributed by atoms with van der Waals surface area (Å²) in [6.07, 6.45) is 3.11. The monoisotopic (exact) mass is 370 g/mol. The molecule has 3 aromatic rings. The molecule has 0 unspecified atom stereocenters. The standard InChI is InChI=1S/C16H16N.C6H6N.C2H5.Al/c1-3-14-8-4-5-9-15(14)12-17-16-10-6-7-13(2)11-16;7-6-4-2-1-3-5-6;1-2;/h4-12H,1,3H2,2H3;1-5,7H;1H2,2H3;/q;-1;;+1. The summed E-state index contributed by atoms with van der Waals surface area (Å²) in [5.41, 5.74) is 6.11. The smallest absolute Gasteiger partial charge is 0.411 e. The minimum atomic E-state index is -1.01. The third-order valence-electron chi connectivity index (χ3n) is 4.81. The molecule has 0 fully saturated rings. The Morgan fingerprint density at radius 1 is 0.926 bits per heavy atom. The summed E-state index contributed by atoms with van der Waals surface area (Å²) in [6, 6.07) is 27.5. The van der Waals surface area contributed by atoms with E-state index in [1.54, 1.807) is 0 Å². The van der Waals surface area contributed by atoms with Gasteiger partial charge in [-0.1, -0.05) is 72.1 Å². The summed E-state index contributed by atoms with van der Waals surface area (Å²) in [5, 5.41) is 2.48. The third-order valence-corrected chi connectivity index (χ3v) is 7.52. The third kappa shape index (κ3) is 6.10. The Kier molecular flexibility index (Phi) is 7.28. The van der Waals surface area contributed by atoms with Gasteiger partial charge in [-0.25, -0.2) is 0 Å². The molecule has 1 N–H and O–H groups in total. The van der Waals surface area contributed by atoms with Gasteiger partial charge in [0.05, 0.1) is 5.69 Å². The summed E-state index contributed by atoms with van der Waals surface area (Å²) in [4.78, 5) is 4.68. The van der Waals surface area contributed by atoms with Crippen molar-refractivity contribution in [2.45, 2.75) is 30.8 Å². The predicted octanol–water partition coefficient (Wildman–Crippen LogP) is 6.41. The molecule has 0 aliphatic rings. The highest BCUT2D eigenvalue weighted by Crippen LogP contribution is 2.17. The molecule has 0 saturated heterocycles. The molecule has 0 bridgehead atoms. The van der Waals surface area contributed by atoms with E-state index in [0.717, 1.165) is 12.1 Å². The first-order valence-corrected chi connectivity index (χ1v) is 12.0. The van der Waals surface area contributed by atoms with Gasteiger partial charge >= 0.3 is 14.4 Å². The van der Waals surface area contributed by atoms with Gasteiger partial charge < -0.3 is 4.30 Å². The van der Waals surface area contributed by atoms with E-state index in [-0.39, 0.29) is 0 Å². The Morgan fingerprint density at radius 2 is 1.70 bits per heavy atom. The van der Waals surface area contributed by atoms with Crippen LogP contribution in [0, 0.1) is 6.92 Å². The number of hydrogen-bond acceptors (Lipinski definition) is 2. The minimum Gasteiger partial charge on any atom is -0.476 e. The van der Waals surface area contributed by atoms with Crippen LogP contribution in [-0.4, -0.2) is 20.6 Å². The van der Waals surface area contributed by atoms with Gasteiger partial charge in [0, 0.05) is 11.9 Å². The Labute approximate surface area is 167 Å². The lowest BCUT2D eigenvalue weighted by molar-refractivity contribution is 1.09. The Morgan fingerprint density at radius 3 is 2.48 bits per heavy atom. The number of anilines is 1. The van der Waals surface area contributed by atoms with Gasteiger partial charge in [0.25, 0.3) is 0 Å². The van der Waals surface area contributed by atoms with E-state index in [4.69, 9.17) is 0 Å². The molecular weight excluding hydrogens is 343 g/mol. The molecule has 3 rings (SSSR count). The van der Waals surface area contributed by atoms with Crippen molar-refractivity contribution < 1.29 is 0 Å². The first-order chi connectivity index (χ1) is 13.2. The van der Waals surface area contributed by atoms with Crippen LogP contribution in [0.3, 0.4) is 0 Å². The number of benzene rings is 3. The van der Waals surface area contributed by atoms with Crippen molar-refractivity contribution in [1.82, 2.24) is 0 Å². The SMILES string of the molecule is C[CH2][Al]([CH2]Cc1ccccc1C=Nc1cccc(C)c1)[NH]c1ccccc1. The van der Waals surface area contributed by atoms with Gasteiger partial charge in [0.2, 0.25) is 0 Å². The second-order valence-corrected chi connectivity index (χ2v) is 10.0. The van der Waals surface area contributed by atoms with Crippen molar-refractivity contribution in [2.24, 2.45) is 4.99 Å². The number of nitrogens with one attached hydrogen (secondary N) is 1. The zero-order valence-electron chi connectivity index (χ0n) is 16.2. The average molecular weight is 370 g/mol. The summed E-state index contributed by atoms with van der Waals surface area (Å²) < 4.78 is 3.79. The highest BCUT2D eigenvalue weighted by atomic mass is 27.2. The zero-order chi connectivity index (χ0) is 18.9. The molecular formula is C24H27AlN2. The number of aryl methyl sites for hydroxylation is 2. The first-order valence-electron chi connectivity index (χ1n) is 9.75. The lowest BCUT2D eigenvalue weighted by atomic mass is 10.1. The molecule has 27 heavy (non-hydrogen) atoms. The van der Waals surface area contributed by atoms with Crippen LogP contribution < -0.4 is 4.30 Å². The van der Waals surface area contributed by atoms with Crippen molar-refractivity contribution in [3.8, 4) is 0 Å². The summed E-state index contributed by atoms with van der Waals surface area (Å²) >= 11 is -1.01. The summed E-state index contributed by atoms with van der Waals surface area (Å²) in [7, 11) is 0. The molecule has 0 spiro atoms. The van der Waals surface area contributed by atoms with E-state index in [1.165, 1.54) is 32.9 Å². The van der Waals surface area contributed by atoms with Gasteiger partial charge in [0.1, 0.15) is 0 Å². The van der Waals surface area contributed by atoms with Crippen LogP contribution >= 0.6 is 0 Å². The van der Waals surface area contributed by atoms with Gasteiger partial charge in [-0.05, 0) is 54.3 Å². The van der Waals surface area contributed by atoms with Gasteiger partial charge in [-0.3, -0.25) is 4.99 Å². The van der Waals surface area contributed by atoms with Crippen LogP contribution in [-0.2, 0) is 6.42 Å². The Balaban J connectivity index is 1.66. The van der Waals surface area contributed by atoms with Gasteiger partial charge in [-0.15, -0.1) is 0 Å². The van der Waals surface area contributed by atoms with E-state index in [0.29, 0.717) is 0 Å². The molecule has 0 aromatic heterocycles. The van der Waals surface area contributed by atoms with Crippen LogP contribution in [0.4, 0.5) is 11.4 Å². The predicted molar refractivity (Wildman–Crippen MR) is 120 cm³/mol. The number of hydrogen-bond donors (Lipinski definition) is 1. The number of aliphatic imine (C=N–C) groups is 1. The van der Waals surface area contributed by atoms with Crippen LogP contribution in [0.5, 0.6) is 0 Å². The second kappa shape index (κ2) is 10.1. The largest absolute Gasteiger partial charge is 0.476 e. The molecule has 0 radical (unpaired) electrons. The molecule has 0 aliphatic carbocycles. The number of rotatable bonds is 8. The normalized spacial score (nSPS) is 10.9. The van der Waals surface area contributed by atoms with Crippen molar-refractivity contribution >= 4 is 32.0 Å². The zero-order valence-corrected chi connectivity index (χ0v) is 17.4. The van der Waals surface area contributed by atoms with Crippen LogP contribution in [0.25, 0.3) is 0 Å². The maximum Gasteiger partial charge on any atom is 0.411 e. The molecule has 0 amide bonds. The lowest BCUT2D eigenvalue weighted by Crippen LogP contribution is -2.24. The average Bonchev–Trinajstić information content (AvgIpc) is 2.71. The van der Waals surface area contributed by atoms with E-state index >= 15 is 0 Å². The van der Waals surface area contributed by atoms with Crippen LogP contribution in [0.2, 0.25) is 10.6 Å². The van der Waals surface area contributed by atoms with E-state index in [9.17, 15) is 0 Å². The number of para-hydroxylation sites is 1. The number of nitrogens with zero attached hydrogens (tertiary/aromatic N) is 1. The lowest BCUT2D eigenvalue weighted by Gasteiger charge is -2.14. The van der Waals surface area contributed by atoms with Crippen molar-refractivity contribution in [3.05, 3.63) is 95.6 Å². The fraction of sp³-hybridized carbons (Fsp3) is 0.208. The molecule has 2 nitrogen and oxygen atoms in total. The van der Waals surface area contributed by atoms with E-state index in [1.807, 2.05) is 6.21 Å². The highest BCUT2D eigenvalue weighted by Gasteiger charge is 2.16. The first kappa shape index (κ1) is 19.4. The molecule has 0 atom stereocenters. The maximum absolute atomic E-state index is 4.68. The molecule has 0 aliphatic heterocycles. The van der Waals surface area contributed by atoms with Crippen molar-refractivity contribution in [3.63, 3.8) is 0 Å². The van der Waals surface area contributed by atoms with Crippen molar-refractivity contribution in [1.29, 1.82) is 0 Å². The Hall–Kier alpha value is -2.34. The van der Waals surface area contributed by atoms with Crippen LogP contribution in [0.1, 0.15) is 23.6 Å². The van der Waals surface area contributed by atoms with E-state index in [2.05, 4.69) is 102 Å². The molecule has 0 heterocycles. The topological polar surface area (TPSA) is 24.4 Å². The Bertz CT molecular complexity index is 874. The maximum atomic E-state index is 4.68. The molecule has 0 saturated carbocycles. The van der Waals surface area contributed by atoms with Crippen LogP contribution in [0.15, 0.2) is 83.9 Å². The quantitative estimate of drug-likeness (QED) is 0.359. The highest BCUT2D eigenvalue weighted by molar-refractivity contribution is 6.62. The van der Waals surface area contributed by atoms with Gasteiger partial charge in [-0.2, -0.15) is 0 Å². The fourth-order valence-electron chi connectivity index (χ4n) is 3.22. The molecule has 136 valence electrons. The molecule has 3 aromatic carbocycles. The summed E-state index contributed by atoms with van der Waals surface area (Å²) in [6.45, 7) is 4.40. The van der Waals surface area contributed by atoms with Crippen molar-refractivity contribution in [2.75, 3.05) is 4.30 Å². The fourth-order valence-corrected chi connectivity index (χ4v) is 5.30. The van der Waals surface area contributed by atoms with E-state index < -0.39 is 14.4 Å². The van der Waals surface area contributed by atoms with Gasteiger partial charge in [0.15, 0.2) is 0 Å². The minimum absolute atomic E-state index is 1.01.